The summed E-state index contributed by atoms with van der Waals surface area (Å²) in [6.45, 7) is 2.53. The Kier molecular flexibility index (Phi) is 6.34. The number of nitrogens with zero attached hydrogens (tertiary/aromatic N) is 2. The first-order valence-electron chi connectivity index (χ1n) is 6.13. The fourth-order valence-electron chi connectivity index (χ4n) is 1.17. The second-order valence-electron chi connectivity index (χ2n) is 4.35. The lowest BCUT2D eigenvalue weighted by molar-refractivity contribution is -0.168. The first kappa shape index (κ1) is 16.8. The number of hydrogen-bond donors (Lipinski definition) is 1. The SMILES string of the molecule is CCC(C)NCc1nc(COCC(F)(F)C(F)F)no1. The second-order valence-corrected chi connectivity index (χ2v) is 4.35. The molecule has 1 aromatic rings. The Morgan fingerprint density at radius 1 is 1.40 bits per heavy atom. The van der Waals surface area contributed by atoms with Crippen LogP contribution in [0.15, 0.2) is 4.52 Å². The summed E-state index contributed by atoms with van der Waals surface area (Å²) in [6, 6.07) is 0.270. The van der Waals surface area contributed by atoms with Gasteiger partial charge < -0.3 is 14.6 Å². The highest BCUT2D eigenvalue weighted by Crippen LogP contribution is 2.23. The molecule has 20 heavy (non-hydrogen) atoms. The van der Waals surface area contributed by atoms with Crippen molar-refractivity contribution in [3.8, 4) is 0 Å². The molecule has 0 aliphatic heterocycles. The van der Waals surface area contributed by atoms with Crippen molar-refractivity contribution in [2.45, 2.75) is 51.8 Å². The zero-order chi connectivity index (χ0) is 15.2. The van der Waals surface area contributed by atoms with Crippen LogP contribution in [-0.4, -0.2) is 35.1 Å². The Morgan fingerprint density at radius 2 is 2.10 bits per heavy atom. The Balaban J connectivity index is 2.34. The number of rotatable bonds is 9. The van der Waals surface area contributed by atoms with E-state index >= 15 is 0 Å². The van der Waals surface area contributed by atoms with Gasteiger partial charge >= 0.3 is 12.3 Å². The third-order valence-corrected chi connectivity index (χ3v) is 2.57. The molecule has 1 atom stereocenters. The van der Waals surface area contributed by atoms with Gasteiger partial charge in [0.2, 0.25) is 5.89 Å². The van der Waals surface area contributed by atoms with Gasteiger partial charge in [0.1, 0.15) is 13.2 Å². The van der Waals surface area contributed by atoms with Crippen LogP contribution in [0.25, 0.3) is 0 Å². The van der Waals surface area contributed by atoms with Crippen LogP contribution in [0.1, 0.15) is 32.0 Å². The van der Waals surface area contributed by atoms with Gasteiger partial charge in [0.05, 0.1) is 6.54 Å². The van der Waals surface area contributed by atoms with Crippen molar-refractivity contribution >= 4 is 0 Å². The molecular formula is C11H17F4N3O2. The molecule has 0 bridgehead atoms. The van der Waals surface area contributed by atoms with Crippen LogP contribution in [0.4, 0.5) is 17.6 Å². The van der Waals surface area contributed by atoms with E-state index in [1.165, 1.54) is 0 Å². The zero-order valence-electron chi connectivity index (χ0n) is 11.2. The van der Waals surface area contributed by atoms with Crippen molar-refractivity contribution in [1.82, 2.24) is 15.5 Å². The van der Waals surface area contributed by atoms with E-state index in [0.717, 1.165) is 6.42 Å². The minimum atomic E-state index is -4.18. The number of nitrogens with one attached hydrogen (secondary N) is 1. The lowest BCUT2D eigenvalue weighted by atomic mass is 10.3. The number of alkyl halides is 4. The molecule has 116 valence electrons. The highest BCUT2D eigenvalue weighted by atomic mass is 19.3. The smallest absolute Gasteiger partial charge is 0.330 e. The van der Waals surface area contributed by atoms with Gasteiger partial charge in [0.15, 0.2) is 5.82 Å². The zero-order valence-corrected chi connectivity index (χ0v) is 11.2. The quantitative estimate of drug-likeness (QED) is 0.709. The molecule has 0 aliphatic carbocycles. The molecule has 1 heterocycles. The molecule has 0 saturated carbocycles. The van der Waals surface area contributed by atoms with Gasteiger partial charge in [-0.3, -0.25) is 0 Å². The van der Waals surface area contributed by atoms with E-state index in [9.17, 15) is 17.6 Å². The Labute approximate surface area is 113 Å². The first-order chi connectivity index (χ1) is 9.35. The standard InChI is InChI=1S/C11H17F4N3O2/c1-3-7(2)16-4-9-17-8(18-20-9)5-19-6-11(14,15)10(12)13/h7,10,16H,3-6H2,1-2H3. The lowest BCUT2D eigenvalue weighted by Gasteiger charge is -2.14. The molecule has 0 aliphatic rings. The summed E-state index contributed by atoms with van der Waals surface area (Å²) in [5.41, 5.74) is 0. The summed E-state index contributed by atoms with van der Waals surface area (Å²) < 4.78 is 58.2. The number of ether oxygens (including phenoxy) is 1. The van der Waals surface area contributed by atoms with Crippen LogP contribution in [0.2, 0.25) is 0 Å². The third kappa shape index (κ3) is 5.41. The van der Waals surface area contributed by atoms with Crippen molar-refractivity contribution in [1.29, 1.82) is 0 Å². The average Bonchev–Trinajstić information content (AvgIpc) is 2.83. The van der Waals surface area contributed by atoms with Crippen LogP contribution in [0.5, 0.6) is 0 Å². The van der Waals surface area contributed by atoms with E-state index in [0.29, 0.717) is 6.54 Å². The van der Waals surface area contributed by atoms with Gasteiger partial charge in [-0.1, -0.05) is 12.1 Å². The molecule has 1 N–H and O–H groups in total. The summed E-state index contributed by atoms with van der Waals surface area (Å²) >= 11 is 0. The highest BCUT2D eigenvalue weighted by molar-refractivity contribution is 4.84. The fourth-order valence-corrected chi connectivity index (χ4v) is 1.17. The number of halogens is 4. The molecule has 0 amide bonds. The maximum atomic E-state index is 12.6. The van der Waals surface area contributed by atoms with Crippen LogP contribution in [-0.2, 0) is 17.9 Å². The van der Waals surface area contributed by atoms with Crippen molar-refractivity contribution in [3.05, 3.63) is 11.7 Å². The van der Waals surface area contributed by atoms with E-state index in [-0.39, 0.29) is 17.8 Å². The van der Waals surface area contributed by atoms with Crippen LogP contribution < -0.4 is 5.32 Å². The summed E-state index contributed by atoms with van der Waals surface area (Å²) in [5.74, 6) is -3.86. The van der Waals surface area contributed by atoms with Gasteiger partial charge in [0.25, 0.3) is 0 Å². The lowest BCUT2D eigenvalue weighted by Crippen LogP contribution is -2.32. The maximum absolute atomic E-state index is 12.6. The van der Waals surface area contributed by atoms with E-state index in [1.54, 1.807) is 0 Å². The minimum Gasteiger partial charge on any atom is -0.367 e. The van der Waals surface area contributed by atoms with E-state index in [2.05, 4.69) is 20.2 Å². The molecular weight excluding hydrogens is 282 g/mol. The van der Waals surface area contributed by atoms with Gasteiger partial charge in [-0.05, 0) is 13.3 Å². The molecule has 1 rings (SSSR count). The second kappa shape index (κ2) is 7.53. The molecule has 9 heteroatoms. The van der Waals surface area contributed by atoms with Gasteiger partial charge in [0, 0.05) is 6.04 Å². The van der Waals surface area contributed by atoms with Gasteiger partial charge in [-0.15, -0.1) is 0 Å². The highest BCUT2D eigenvalue weighted by Gasteiger charge is 2.41. The van der Waals surface area contributed by atoms with Crippen LogP contribution in [0, 0.1) is 0 Å². The predicted octanol–water partition coefficient (Wildman–Crippen LogP) is 2.37. The number of aromatic nitrogens is 2. The average molecular weight is 299 g/mol. The fraction of sp³-hybridized carbons (Fsp3) is 0.818. The van der Waals surface area contributed by atoms with Crippen molar-refractivity contribution < 1.29 is 26.8 Å². The molecule has 5 nitrogen and oxygen atoms in total. The largest absolute Gasteiger partial charge is 0.367 e. The van der Waals surface area contributed by atoms with Crippen molar-refractivity contribution in [2.75, 3.05) is 6.61 Å². The molecule has 0 aromatic carbocycles. The Morgan fingerprint density at radius 3 is 2.70 bits per heavy atom. The minimum absolute atomic E-state index is 0.0380. The normalized spacial score (nSPS) is 13.9. The summed E-state index contributed by atoms with van der Waals surface area (Å²) in [7, 11) is 0. The first-order valence-corrected chi connectivity index (χ1v) is 6.13. The molecule has 0 saturated heterocycles. The topological polar surface area (TPSA) is 60.2 Å². The van der Waals surface area contributed by atoms with Crippen molar-refractivity contribution in [2.24, 2.45) is 0 Å². The van der Waals surface area contributed by atoms with E-state index in [4.69, 9.17) is 4.52 Å². The third-order valence-electron chi connectivity index (χ3n) is 2.57. The Bertz CT molecular complexity index is 401. The summed E-state index contributed by atoms with van der Waals surface area (Å²) in [6.07, 6.45) is -2.84. The number of hydrogen-bond acceptors (Lipinski definition) is 5. The summed E-state index contributed by atoms with van der Waals surface area (Å²) in [5, 5.41) is 6.60. The molecule has 0 radical (unpaired) electrons. The van der Waals surface area contributed by atoms with E-state index < -0.39 is 25.6 Å². The van der Waals surface area contributed by atoms with Gasteiger partial charge in [-0.2, -0.15) is 13.8 Å². The Hall–Kier alpha value is -1.22. The monoisotopic (exact) mass is 299 g/mol. The van der Waals surface area contributed by atoms with Crippen molar-refractivity contribution in [3.63, 3.8) is 0 Å². The maximum Gasteiger partial charge on any atom is 0.330 e. The summed E-state index contributed by atoms with van der Waals surface area (Å²) in [4.78, 5) is 3.88. The molecule has 0 spiro atoms. The van der Waals surface area contributed by atoms with Crippen LogP contribution in [0.3, 0.4) is 0 Å². The van der Waals surface area contributed by atoms with E-state index in [1.807, 2.05) is 13.8 Å². The van der Waals surface area contributed by atoms with Gasteiger partial charge in [-0.25, -0.2) is 8.78 Å². The molecule has 1 unspecified atom stereocenters. The van der Waals surface area contributed by atoms with Crippen LogP contribution >= 0.6 is 0 Å². The predicted molar refractivity (Wildman–Crippen MR) is 61.5 cm³/mol. The molecule has 0 fully saturated rings. The molecule has 1 aromatic heterocycles.